The minimum absolute atomic E-state index is 0.334. The molecule has 106 valence electrons. The highest BCUT2D eigenvalue weighted by molar-refractivity contribution is 6.11. The van der Waals surface area contributed by atoms with Gasteiger partial charge in [-0.25, -0.2) is 4.79 Å². The third-order valence-electron chi connectivity index (χ3n) is 3.36. The third kappa shape index (κ3) is 2.63. The number of benzene rings is 1. The Labute approximate surface area is 122 Å². The molecule has 0 saturated heterocycles. The SMILES string of the molecule is COC(=O)c1ccc(C2=NCCN2c2cccnc2)cc1. The summed E-state index contributed by atoms with van der Waals surface area (Å²) >= 11 is 0. The molecule has 2 heterocycles. The van der Waals surface area contributed by atoms with Crippen LogP contribution in [0, 0.1) is 0 Å². The first-order valence-corrected chi connectivity index (χ1v) is 6.70. The number of carbonyl (C=O) groups is 1. The topological polar surface area (TPSA) is 54.8 Å². The zero-order chi connectivity index (χ0) is 14.7. The third-order valence-corrected chi connectivity index (χ3v) is 3.36. The lowest BCUT2D eigenvalue weighted by atomic mass is 10.1. The Hall–Kier alpha value is -2.69. The average molecular weight is 281 g/mol. The second kappa shape index (κ2) is 5.75. The van der Waals surface area contributed by atoms with Gasteiger partial charge in [0.05, 0.1) is 31.1 Å². The van der Waals surface area contributed by atoms with Gasteiger partial charge in [-0.1, -0.05) is 12.1 Å². The van der Waals surface area contributed by atoms with E-state index in [0.717, 1.165) is 30.2 Å². The second-order valence-electron chi connectivity index (χ2n) is 4.64. The quantitative estimate of drug-likeness (QED) is 0.809. The highest BCUT2D eigenvalue weighted by Crippen LogP contribution is 2.20. The lowest BCUT2D eigenvalue weighted by Gasteiger charge is -2.20. The number of pyridine rings is 1. The van der Waals surface area contributed by atoms with E-state index >= 15 is 0 Å². The number of hydrogen-bond donors (Lipinski definition) is 0. The molecule has 1 aliphatic heterocycles. The zero-order valence-corrected chi connectivity index (χ0v) is 11.7. The van der Waals surface area contributed by atoms with Gasteiger partial charge < -0.3 is 9.64 Å². The number of anilines is 1. The highest BCUT2D eigenvalue weighted by Gasteiger charge is 2.20. The number of aromatic nitrogens is 1. The van der Waals surface area contributed by atoms with Crippen LogP contribution in [-0.2, 0) is 4.74 Å². The minimum Gasteiger partial charge on any atom is -0.465 e. The predicted octanol–water partition coefficient (Wildman–Crippen LogP) is 2.13. The van der Waals surface area contributed by atoms with Crippen molar-refractivity contribution in [2.24, 2.45) is 4.99 Å². The smallest absolute Gasteiger partial charge is 0.337 e. The second-order valence-corrected chi connectivity index (χ2v) is 4.64. The van der Waals surface area contributed by atoms with Crippen LogP contribution in [0.5, 0.6) is 0 Å². The maximum absolute atomic E-state index is 11.5. The molecule has 5 nitrogen and oxygen atoms in total. The first-order valence-electron chi connectivity index (χ1n) is 6.70. The van der Waals surface area contributed by atoms with Crippen LogP contribution < -0.4 is 4.90 Å². The van der Waals surface area contributed by atoms with E-state index in [-0.39, 0.29) is 5.97 Å². The van der Waals surface area contributed by atoms with E-state index in [1.807, 2.05) is 30.5 Å². The van der Waals surface area contributed by atoms with Gasteiger partial charge in [0, 0.05) is 18.3 Å². The molecule has 5 heteroatoms. The first kappa shape index (κ1) is 13.3. The summed E-state index contributed by atoms with van der Waals surface area (Å²) in [6.07, 6.45) is 3.57. The molecule has 21 heavy (non-hydrogen) atoms. The van der Waals surface area contributed by atoms with Crippen LogP contribution >= 0.6 is 0 Å². The number of esters is 1. The van der Waals surface area contributed by atoms with Crippen molar-refractivity contribution in [2.75, 3.05) is 25.1 Å². The molecule has 1 aromatic heterocycles. The van der Waals surface area contributed by atoms with Crippen LogP contribution in [0.25, 0.3) is 0 Å². The monoisotopic (exact) mass is 281 g/mol. The summed E-state index contributed by atoms with van der Waals surface area (Å²) in [7, 11) is 1.38. The van der Waals surface area contributed by atoms with Crippen LogP contribution in [-0.4, -0.2) is 37.0 Å². The minimum atomic E-state index is -0.334. The normalized spacial score (nSPS) is 14.0. The van der Waals surface area contributed by atoms with E-state index in [1.54, 1.807) is 18.3 Å². The van der Waals surface area contributed by atoms with Gasteiger partial charge in [-0.15, -0.1) is 0 Å². The van der Waals surface area contributed by atoms with Gasteiger partial charge in [-0.05, 0) is 24.3 Å². The standard InChI is InChI=1S/C16H15N3O2/c1-21-16(20)13-6-4-12(5-7-13)15-18-9-10-19(15)14-3-2-8-17-11-14/h2-8,11H,9-10H2,1H3. The Bertz CT molecular complexity index is 666. The average Bonchev–Trinajstić information content (AvgIpc) is 3.04. The van der Waals surface area contributed by atoms with E-state index in [2.05, 4.69) is 14.9 Å². The van der Waals surface area contributed by atoms with Crippen molar-refractivity contribution in [1.29, 1.82) is 0 Å². The maximum atomic E-state index is 11.5. The fourth-order valence-electron chi connectivity index (χ4n) is 2.33. The van der Waals surface area contributed by atoms with Crippen LogP contribution in [0.15, 0.2) is 53.8 Å². The van der Waals surface area contributed by atoms with E-state index in [1.165, 1.54) is 7.11 Å². The van der Waals surface area contributed by atoms with Crippen LogP contribution in [0.4, 0.5) is 5.69 Å². The summed E-state index contributed by atoms with van der Waals surface area (Å²) in [5.41, 5.74) is 2.53. The number of aliphatic imine (C=N–C) groups is 1. The van der Waals surface area contributed by atoms with E-state index in [4.69, 9.17) is 4.74 Å². The van der Waals surface area contributed by atoms with E-state index in [0.29, 0.717) is 5.56 Å². The van der Waals surface area contributed by atoms with Gasteiger partial charge in [-0.2, -0.15) is 0 Å². The van der Waals surface area contributed by atoms with Crippen molar-refractivity contribution < 1.29 is 9.53 Å². The zero-order valence-electron chi connectivity index (χ0n) is 11.7. The maximum Gasteiger partial charge on any atom is 0.337 e. The molecule has 0 radical (unpaired) electrons. The molecule has 0 unspecified atom stereocenters. The molecular weight excluding hydrogens is 266 g/mol. The van der Waals surface area contributed by atoms with Crippen molar-refractivity contribution in [2.45, 2.75) is 0 Å². The summed E-state index contributed by atoms with van der Waals surface area (Å²) < 4.78 is 4.70. The van der Waals surface area contributed by atoms with Crippen molar-refractivity contribution in [1.82, 2.24) is 4.98 Å². The molecule has 0 saturated carbocycles. The molecular formula is C16H15N3O2. The Morgan fingerprint density at radius 3 is 2.71 bits per heavy atom. The summed E-state index contributed by atoms with van der Waals surface area (Å²) in [5, 5.41) is 0. The van der Waals surface area contributed by atoms with Gasteiger partial charge in [0.2, 0.25) is 0 Å². The van der Waals surface area contributed by atoms with Crippen molar-refractivity contribution in [3.05, 3.63) is 59.9 Å². The van der Waals surface area contributed by atoms with Gasteiger partial charge in [0.1, 0.15) is 5.84 Å². The molecule has 0 atom stereocenters. The Morgan fingerprint density at radius 2 is 2.05 bits per heavy atom. The molecule has 0 N–H and O–H groups in total. The molecule has 0 bridgehead atoms. The van der Waals surface area contributed by atoms with Crippen molar-refractivity contribution in [3.63, 3.8) is 0 Å². The number of nitrogens with zero attached hydrogens (tertiary/aromatic N) is 3. The lowest BCUT2D eigenvalue weighted by Crippen LogP contribution is -2.28. The molecule has 3 rings (SSSR count). The molecule has 0 amide bonds. The molecule has 2 aromatic rings. The summed E-state index contributed by atoms with van der Waals surface area (Å²) in [5.74, 6) is 0.568. The highest BCUT2D eigenvalue weighted by atomic mass is 16.5. The van der Waals surface area contributed by atoms with Crippen LogP contribution in [0.2, 0.25) is 0 Å². The number of amidine groups is 1. The Morgan fingerprint density at radius 1 is 1.24 bits per heavy atom. The molecule has 0 aliphatic carbocycles. The summed E-state index contributed by atoms with van der Waals surface area (Å²) in [6, 6.07) is 11.2. The summed E-state index contributed by atoms with van der Waals surface area (Å²) in [4.78, 5) is 22.3. The predicted molar refractivity (Wildman–Crippen MR) is 80.8 cm³/mol. The fourth-order valence-corrected chi connectivity index (χ4v) is 2.33. The van der Waals surface area contributed by atoms with E-state index in [9.17, 15) is 4.79 Å². The number of ether oxygens (including phenoxy) is 1. The first-order chi connectivity index (χ1) is 10.3. The molecule has 0 fully saturated rings. The number of carbonyl (C=O) groups excluding carboxylic acids is 1. The molecule has 1 aliphatic rings. The number of hydrogen-bond acceptors (Lipinski definition) is 5. The van der Waals surface area contributed by atoms with Gasteiger partial charge >= 0.3 is 5.97 Å². The van der Waals surface area contributed by atoms with Gasteiger partial charge in [-0.3, -0.25) is 9.98 Å². The molecule has 1 aromatic carbocycles. The molecule has 0 spiro atoms. The van der Waals surface area contributed by atoms with Crippen molar-refractivity contribution in [3.8, 4) is 0 Å². The lowest BCUT2D eigenvalue weighted by molar-refractivity contribution is 0.0600. The number of methoxy groups -OCH3 is 1. The fraction of sp³-hybridized carbons (Fsp3) is 0.188. The number of rotatable bonds is 3. The van der Waals surface area contributed by atoms with Gasteiger partial charge in [0.15, 0.2) is 0 Å². The van der Waals surface area contributed by atoms with E-state index < -0.39 is 0 Å². The van der Waals surface area contributed by atoms with Crippen LogP contribution in [0.1, 0.15) is 15.9 Å². The summed E-state index contributed by atoms with van der Waals surface area (Å²) in [6.45, 7) is 1.59. The van der Waals surface area contributed by atoms with Crippen molar-refractivity contribution >= 4 is 17.5 Å². The Balaban J connectivity index is 1.87. The Kier molecular flexibility index (Phi) is 3.64. The largest absolute Gasteiger partial charge is 0.465 e. The van der Waals surface area contributed by atoms with Crippen LogP contribution in [0.3, 0.4) is 0 Å². The van der Waals surface area contributed by atoms with Gasteiger partial charge in [0.25, 0.3) is 0 Å².